The maximum Gasteiger partial charge on any atom is 0.123 e. The lowest BCUT2D eigenvalue weighted by atomic mass is 9.99. The van der Waals surface area contributed by atoms with Crippen LogP contribution < -0.4 is 0 Å². The highest BCUT2D eigenvalue weighted by molar-refractivity contribution is 7.98. The van der Waals surface area contributed by atoms with Crippen molar-refractivity contribution in [2.75, 3.05) is 12.0 Å². The molecule has 0 heterocycles. The van der Waals surface area contributed by atoms with Crippen LogP contribution >= 0.6 is 11.8 Å². The Balaban J connectivity index is 2.68. The van der Waals surface area contributed by atoms with Gasteiger partial charge in [0.1, 0.15) is 5.82 Å². The van der Waals surface area contributed by atoms with Crippen molar-refractivity contribution in [1.82, 2.24) is 0 Å². The fourth-order valence-electron chi connectivity index (χ4n) is 1.34. The lowest BCUT2D eigenvalue weighted by molar-refractivity contribution is 0.129. The minimum Gasteiger partial charge on any atom is -0.388 e. The van der Waals surface area contributed by atoms with E-state index in [1.807, 2.05) is 13.2 Å². The van der Waals surface area contributed by atoms with Crippen molar-refractivity contribution in [2.45, 2.75) is 13.0 Å². The molecule has 1 aromatic carbocycles. The molecule has 1 N–H and O–H groups in total. The van der Waals surface area contributed by atoms with E-state index in [0.717, 1.165) is 11.3 Å². The van der Waals surface area contributed by atoms with Crippen LogP contribution in [0.1, 0.15) is 18.6 Å². The van der Waals surface area contributed by atoms with Crippen molar-refractivity contribution in [3.05, 3.63) is 35.6 Å². The van der Waals surface area contributed by atoms with Crippen LogP contribution in [0.4, 0.5) is 4.39 Å². The number of thioether (sulfide) groups is 1. The second-order valence-corrected chi connectivity index (χ2v) is 4.34. The summed E-state index contributed by atoms with van der Waals surface area (Å²) in [4.78, 5) is 0. The Hall–Kier alpha value is -0.540. The lowest BCUT2D eigenvalue weighted by Crippen LogP contribution is -2.11. The average Bonchev–Trinajstić information content (AvgIpc) is 2.18. The van der Waals surface area contributed by atoms with Gasteiger partial charge in [0, 0.05) is 0 Å². The summed E-state index contributed by atoms with van der Waals surface area (Å²) < 4.78 is 12.6. The zero-order valence-electron chi connectivity index (χ0n) is 8.40. The van der Waals surface area contributed by atoms with Crippen LogP contribution in [-0.2, 0) is 0 Å². The second-order valence-electron chi connectivity index (χ2n) is 3.43. The summed E-state index contributed by atoms with van der Waals surface area (Å²) in [7, 11) is 0. The largest absolute Gasteiger partial charge is 0.388 e. The van der Waals surface area contributed by atoms with Gasteiger partial charge in [-0.25, -0.2) is 4.39 Å². The van der Waals surface area contributed by atoms with Gasteiger partial charge in [-0.15, -0.1) is 0 Å². The van der Waals surface area contributed by atoms with E-state index < -0.39 is 6.10 Å². The summed E-state index contributed by atoms with van der Waals surface area (Å²) in [5.41, 5.74) is 0.785. The average molecular weight is 214 g/mol. The smallest absolute Gasteiger partial charge is 0.123 e. The molecule has 0 unspecified atom stereocenters. The predicted octanol–water partition coefficient (Wildman–Crippen LogP) is 2.86. The number of hydrogen-bond acceptors (Lipinski definition) is 2. The van der Waals surface area contributed by atoms with Crippen molar-refractivity contribution < 1.29 is 9.50 Å². The van der Waals surface area contributed by atoms with Gasteiger partial charge in [0.05, 0.1) is 6.10 Å². The first-order chi connectivity index (χ1) is 6.65. The molecule has 0 aliphatic heterocycles. The van der Waals surface area contributed by atoms with Gasteiger partial charge in [0.25, 0.3) is 0 Å². The summed E-state index contributed by atoms with van der Waals surface area (Å²) in [6.07, 6.45) is 1.51. The lowest BCUT2D eigenvalue weighted by Gasteiger charge is -2.17. The summed E-state index contributed by atoms with van der Waals surface area (Å²) in [5, 5.41) is 9.88. The molecule has 1 nitrogen and oxygen atoms in total. The maximum absolute atomic E-state index is 12.6. The van der Waals surface area contributed by atoms with Crippen LogP contribution in [0.3, 0.4) is 0 Å². The molecule has 0 aliphatic rings. The fraction of sp³-hybridized carbons (Fsp3) is 0.455. The minimum atomic E-state index is -0.497. The van der Waals surface area contributed by atoms with Crippen LogP contribution in [0.5, 0.6) is 0 Å². The van der Waals surface area contributed by atoms with Gasteiger partial charge in [-0.1, -0.05) is 19.1 Å². The molecule has 0 saturated heterocycles. The number of hydrogen-bond donors (Lipinski definition) is 1. The number of aliphatic hydroxyl groups is 1. The van der Waals surface area contributed by atoms with Crippen molar-refractivity contribution >= 4 is 11.8 Å². The molecular weight excluding hydrogens is 199 g/mol. The Bertz CT molecular complexity index is 273. The molecule has 0 aliphatic carbocycles. The molecule has 0 aromatic heterocycles. The monoisotopic (exact) mass is 214 g/mol. The van der Waals surface area contributed by atoms with Gasteiger partial charge in [-0.05, 0) is 35.6 Å². The number of rotatable bonds is 4. The molecule has 1 rings (SSSR count). The molecular formula is C11H15FOS. The molecule has 0 fully saturated rings. The van der Waals surface area contributed by atoms with E-state index in [1.165, 1.54) is 12.1 Å². The quantitative estimate of drug-likeness (QED) is 0.831. The molecule has 0 saturated carbocycles. The Morgan fingerprint density at radius 2 is 1.93 bits per heavy atom. The standard InChI is InChI=1S/C11H15FOS/c1-8(7-14-2)11(13)9-3-5-10(12)6-4-9/h3-6,8,11,13H,7H2,1-2H3/t8-,11-/m0/s1. The van der Waals surface area contributed by atoms with Gasteiger partial charge < -0.3 is 5.11 Å². The van der Waals surface area contributed by atoms with E-state index >= 15 is 0 Å². The molecule has 1 aromatic rings. The van der Waals surface area contributed by atoms with E-state index in [9.17, 15) is 9.50 Å². The summed E-state index contributed by atoms with van der Waals surface area (Å²) >= 11 is 1.70. The van der Waals surface area contributed by atoms with E-state index in [2.05, 4.69) is 0 Å². The fourth-order valence-corrected chi connectivity index (χ4v) is 2.05. The predicted molar refractivity (Wildman–Crippen MR) is 58.9 cm³/mol. The third-order valence-electron chi connectivity index (χ3n) is 2.18. The molecule has 0 bridgehead atoms. The third-order valence-corrected chi connectivity index (χ3v) is 3.04. The first kappa shape index (κ1) is 11.5. The van der Waals surface area contributed by atoms with Crippen molar-refractivity contribution in [1.29, 1.82) is 0 Å². The molecule has 3 heteroatoms. The van der Waals surface area contributed by atoms with Crippen molar-refractivity contribution in [3.8, 4) is 0 Å². The van der Waals surface area contributed by atoms with Gasteiger partial charge in [0.15, 0.2) is 0 Å². The topological polar surface area (TPSA) is 20.2 Å². The molecule has 14 heavy (non-hydrogen) atoms. The van der Waals surface area contributed by atoms with E-state index in [0.29, 0.717) is 0 Å². The third kappa shape index (κ3) is 3.00. The van der Waals surface area contributed by atoms with Crippen LogP contribution in [0, 0.1) is 11.7 Å². The van der Waals surface area contributed by atoms with Gasteiger partial charge in [-0.2, -0.15) is 11.8 Å². The van der Waals surface area contributed by atoms with Gasteiger partial charge in [0.2, 0.25) is 0 Å². The van der Waals surface area contributed by atoms with Crippen molar-refractivity contribution in [3.63, 3.8) is 0 Å². The zero-order valence-corrected chi connectivity index (χ0v) is 9.22. The second kappa shape index (κ2) is 5.37. The number of benzene rings is 1. The SMILES string of the molecule is CSC[C@H](C)[C@H](O)c1ccc(F)cc1. The normalized spacial score (nSPS) is 15.1. The van der Waals surface area contributed by atoms with E-state index in [-0.39, 0.29) is 11.7 Å². The Labute approximate surface area is 88.3 Å². The Kier molecular flexibility index (Phi) is 4.42. The van der Waals surface area contributed by atoms with Gasteiger partial charge >= 0.3 is 0 Å². The molecule has 2 atom stereocenters. The Morgan fingerprint density at radius 3 is 2.43 bits per heavy atom. The highest BCUT2D eigenvalue weighted by atomic mass is 32.2. The summed E-state index contributed by atoms with van der Waals surface area (Å²) in [6, 6.07) is 6.03. The van der Waals surface area contributed by atoms with E-state index in [4.69, 9.17) is 0 Å². The first-order valence-corrected chi connectivity index (χ1v) is 5.97. The zero-order chi connectivity index (χ0) is 10.6. The molecule has 78 valence electrons. The number of aliphatic hydroxyl groups excluding tert-OH is 1. The summed E-state index contributed by atoms with van der Waals surface area (Å²) in [6.45, 7) is 1.99. The highest BCUT2D eigenvalue weighted by Gasteiger charge is 2.15. The van der Waals surface area contributed by atoms with Crippen LogP contribution in [0.25, 0.3) is 0 Å². The number of halogens is 1. The highest BCUT2D eigenvalue weighted by Crippen LogP contribution is 2.24. The molecule has 0 radical (unpaired) electrons. The van der Waals surface area contributed by atoms with Crippen LogP contribution in [0.15, 0.2) is 24.3 Å². The van der Waals surface area contributed by atoms with Crippen LogP contribution in [0.2, 0.25) is 0 Å². The first-order valence-electron chi connectivity index (χ1n) is 4.57. The summed E-state index contributed by atoms with van der Waals surface area (Å²) in [5.74, 6) is 0.826. The van der Waals surface area contributed by atoms with E-state index in [1.54, 1.807) is 23.9 Å². The minimum absolute atomic E-state index is 0.190. The van der Waals surface area contributed by atoms with Crippen LogP contribution in [-0.4, -0.2) is 17.1 Å². The van der Waals surface area contributed by atoms with Gasteiger partial charge in [-0.3, -0.25) is 0 Å². The molecule has 0 amide bonds. The molecule has 0 spiro atoms. The van der Waals surface area contributed by atoms with Crippen molar-refractivity contribution in [2.24, 2.45) is 5.92 Å². The Morgan fingerprint density at radius 1 is 1.36 bits per heavy atom. The maximum atomic E-state index is 12.6.